The summed E-state index contributed by atoms with van der Waals surface area (Å²) in [6, 6.07) is 8.30. The first-order valence-electron chi connectivity index (χ1n) is 6.52. The molecule has 1 heterocycles. The quantitative estimate of drug-likeness (QED) is 0.843. The Labute approximate surface area is 107 Å². The van der Waals surface area contributed by atoms with E-state index in [2.05, 4.69) is 10.6 Å². The van der Waals surface area contributed by atoms with Gasteiger partial charge in [0.2, 0.25) is 5.91 Å². The highest BCUT2D eigenvalue weighted by Crippen LogP contribution is 2.31. The van der Waals surface area contributed by atoms with Crippen molar-refractivity contribution >= 4 is 5.91 Å². The minimum Gasteiger partial charge on any atom is -0.491 e. The number of hydrogen-bond acceptors (Lipinski definition) is 3. The second-order valence-electron chi connectivity index (χ2n) is 5.07. The van der Waals surface area contributed by atoms with Gasteiger partial charge in [-0.3, -0.25) is 10.1 Å². The van der Waals surface area contributed by atoms with Crippen molar-refractivity contribution in [2.45, 2.75) is 37.9 Å². The van der Waals surface area contributed by atoms with E-state index in [0.29, 0.717) is 12.6 Å². The van der Waals surface area contributed by atoms with Crippen molar-refractivity contribution in [1.29, 1.82) is 0 Å². The lowest BCUT2D eigenvalue weighted by atomic mass is 10.1. The van der Waals surface area contributed by atoms with Gasteiger partial charge in [0.1, 0.15) is 12.4 Å². The van der Waals surface area contributed by atoms with Gasteiger partial charge in [-0.2, -0.15) is 0 Å². The maximum atomic E-state index is 11.9. The number of rotatable bonds is 4. The molecule has 1 aromatic rings. The van der Waals surface area contributed by atoms with Gasteiger partial charge in [0, 0.05) is 11.6 Å². The maximum Gasteiger partial charge on any atom is 0.237 e. The minimum absolute atomic E-state index is 0.0851. The Morgan fingerprint density at radius 1 is 1.39 bits per heavy atom. The van der Waals surface area contributed by atoms with Gasteiger partial charge in [-0.15, -0.1) is 0 Å². The number of carbonyl (C=O) groups excluding carboxylic acids is 1. The molecule has 0 bridgehead atoms. The first-order valence-corrected chi connectivity index (χ1v) is 6.52. The van der Waals surface area contributed by atoms with Crippen LogP contribution in [0.5, 0.6) is 5.75 Å². The highest BCUT2D eigenvalue weighted by molar-refractivity contribution is 5.81. The van der Waals surface area contributed by atoms with E-state index >= 15 is 0 Å². The molecule has 1 aliphatic carbocycles. The summed E-state index contributed by atoms with van der Waals surface area (Å²) in [7, 11) is 0. The lowest BCUT2D eigenvalue weighted by Gasteiger charge is -2.18. The van der Waals surface area contributed by atoms with Crippen LogP contribution in [0.25, 0.3) is 0 Å². The Kier molecular flexibility index (Phi) is 2.96. The minimum atomic E-state index is -0.189. The Morgan fingerprint density at radius 2 is 2.17 bits per heavy atom. The lowest BCUT2D eigenvalue weighted by Crippen LogP contribution is -2.44. The molecule has 2 atom stereocenters. The third-order valence-electron chi connectivity index (χ3n) is 3.47. The normalized spacial score (nSPS) is 23.1. The lowest BCUT2D eigenvalue weighted by molar-refractivity contribution is -0.123. The summed E-state index contributed by atoms with van der Waals surface area (Å²) in [6.45, 7) is 2.50. The highest BCUT2D eigenvalue weighted by atomic mass is 16.5. The number of fused-ring (bicyclic) bond motifs is 1. The zero-order valence-corrected chi connectivity index (χ0v) is 10.5. The Balaban J connectivity index is 1.61. The molecule has 1 fully saturated rings. The SMILES string of the molecule is CC(NC1COc2ccccc21)C(=O)NC1CC1. The van der Waals surface area contributed by atoms with Gasteiger partial charge in [-0.05, 0) is 25.8 Å². The molecule has 2 unspecified atom stereocenters. The number of amides is 1. The first kappa shape index (κ1) is 11.5. The van der Waals surface area contributed by atoms with Gasteiger partial charge in [-0.25, -0.2) is 0 Å². The Morgan fingerprint density at radius 3 is 2.94 bits per heavy atom. The van der Waals surface area contributed by atoms with Gasteiger partial charge < -0.3 is 10.1 Å². The van der Waals surface area contributed by atoms with E-state index in [0.717, 1.165) is 24.2 Å². The summed E-state index contributed by atoms with van der Waals surface area (Å²) in [5.74, 6) is 1.01. The van der Waals surface area contributed by atoms with Crippen LogP contribution in [0.4, 0.5) is 0 Å². The first-order chi connectivity index (χ1) is 8.74. The molecule has 1 saturated carbocycles. The summed E-state index contributed by atoms with van der Waals surface area (Å²) in [5.41, 5.74) is 1.14. The van der Waals surface area contributed by atoms with E-state index < -0.39 is 0 Å². The van der Waals surface area contributed by atoms with Crippen LogP contribution in [0, 0.1) is 0 Å². The molecule has 96 valence electrons. The second kappa shape index (κ2) is 4.61. The van der Waals surface area contributed by atoms with E-state index in [-0.39, 0.29) is 18.0 Å². The third-order valence-corrected chi connectivity index (χ3v) is 3.47. The van der Waals surface area contributed by atoms with Crippen molar-refractivity contribution in [3.05, 3.63) is 29.8 Å². The molecular weight excluding hydrogens is 228 g/mol. The van der Waals surface area contributed by atoms with E-state index in [4.69, 9.17) is 4.74 Å². The van der Waals surface area contributed by atoms with Crippen LogP contribution in [-0.2, 0) is 4.79 Å². The number of nitrogens with one attached hydrogen (secondary N) is 2. The average Bonchev–Trinajstić information content (AvgIpc) is 3.10. The third kappa shape index (κ3) is 2.34. The number of ether oxygens (including phenoxy) is 1. The summed E-state index contributed by atoms with van der Waals surface area (Å²) in [4.78, 5) is 11.9. The molecule has 18 heavy (non-hydrogen) atoms. The fourth-order valence-corrected chi connectivity index (χ4v) is 2.23. The molecule has 1 aromatic carbocycles. The van der Waals surface area contributed by atoms with Gasteiger partial charge in [-0.1, -0.05) is 18.2 Å². The molecule has 1 amide bonds. The largest absolute Gasteiger partial charge is 0.491 e. The molecule has 0 spiro atoms. The summed E-state index contributed by atoms with van der Waals surface area (Å²) < 4.78 is 5.59. The molecule has 2 aliphatic rings. The van der Waals surface area contributed by atoms with Crippen LogP contribution in [0.3, 0.4) is 0 Å². The van der Waals surface area contributed by atoms with Crippen molar-refractivity contribution in [2.75, 3.05) is 6.61 Å². The monoisotopic (exact) mass is 246 g/mol. The van der Waals surface area contributed by atoms with Crippen molar-refractivity contribution < 1.29 is 9.53 Å². The molecule has 0 aromatic heterocycles. The molecule has 0 saturated heterocycles. The van der Waals surface area contributed by atoms with Crippen LogP contribution >= 0.6 is 0 Å². The van der Waals surface area contributed by atoms with Crippen molar-refractivity contribution in [1.82, 2.24) is 10.6 Å². The van der Waals surface area contributed by atoms with Crippen LogP contribution in [0.1, 0.15) is 31.4 Å². The fourth-order valence-electron chi connectivity index (χ4n) is 2.23. The molecule has 4 nitrogen and oxygen atoms in total. The smallest absolute Gasteiger partial charge is 0.237 e. The van der Waals surface area contributed by atoms with Gasteiger partial charge in [0.05, 0.1) is 12.1 Å². The van der Waals surface area contributed by atoms with Gasteiger partial charge in [0.25, 0.3) is 0 Å². The van der Waals surface area contributed by atoms with Crippen molar-refractivity contribution in [3.63, 3.8) is 0 Å². The number of benzene rings is 1. The van der Waals surface area contributed by atoms with Crippen LogP contribution in [0.15, 0.2) is 24.3 Å². The van der Waals surface area contributed by atoms with Crippen molar-refractivity contribution in [2.24, 2.45) is 0 Å². The van der Waals surface area contributed by atoms with Crippen LogP contribution < -0.4 is 15.4 Å². The van der Waals surface area contributed by atoms with Crippen LogP contribution in [0.2, 0.25) is 0 Å². The van der Waals surface area contributed by atoms with Gasteiger partial charge in [0.15, 0.2) is 0 Å². The summed E-state index contributed by atoms with van der Waals surface area (Å²) in [6.07, 6.45) is 2.24. The van der Waals surface area contributed by atoms with Crippen LogP contribution in [-0.4, -0.2) is 24.6 Å². The number of hydrogen-bond donors (Lipinski definition) is 2. The van der Waals surface area contributed by atoms with Gasteiger partial charge >= 0.3 is 0 Å². The topological polar surface area (TPSA) is 50.4 Å². The average molecular weight is 246 g/mol. The summed E-state index contributed by atoms with van der Waals surface area (Å²) >= 11 is 0. The molecule has 2 N–H and O–H groups in total. The zero-order valence-electron chi connectivity index (χ0n) is 10.5. The van der Waals surface area contributed by atoms with Crippen molar-refractivity contribution in [3.8, 4) is 5.75 Å². The molecule has 4 heteroatoms. The Bertz CT molecular complexity index is 457. The maximum absolute atomic E-state index is 11.9. The zero-order chi connectivity index (χ0) is 12.5. The molecule has 1 aliphatic heterocycles. The van der Waals surface area contributed by atoms with E-state index in [1.165, 1.54) is 0 Å². The van der Waals surface area contributed by atoms with E-state index in [9.17, 15) is 4.79 Å². The molecular formula is C14H18N2O2. The number of carbonyl (C=O) groups is 1. The second-order valence-corrected chi connectivity index (χ2v) is 5.07. The molecule has 3 rings (SSSR count). The van der Waals surface area contributed by atoms with E-state index in [1.54, 1.807) is 0 Å². The summed E-state index contributed by atoms with van der Waals surface area (Å²) in [5, 5.41) is 6.34. The predicted octanol–water partition coefficient (Wildman–Crippen LogP) is 1.38. The highest BCUT2D eigenvalue weighted by Gasteiger charge is 2.29. The van der Waals surface area contributed by atoms with E-state index in [1.807, 2.05) is 31.2 Å². The molecule has 0 radical (unpaired) electrons. The predicted molar refractivity (Wildman–Crippen MR) is 68.4 cm³/mol. The fraction of sp³-hybridized carbons (Fsp3) is 0.500. The number of para-hydroxylation sites is 1. The Hall–Kier alpha value is -1.55. The standard InChI is InChI=1S/C14H18N2O2/c1-9(14(17)16-10-6-7-10)15-12-8-18-13-5-3-2-4-11(12)13/h2-5,9-10,12,15H,6-8H2,1H3,(H,16,17).